The molecule has 0 atom stereocenters. The van der Waals surface area contributed by atoms with Gasteiger partial charge in [0, 0.05) is 12.8 Å². The molecule has 0 amide bonds. The van der Waals surface area contributed by atoms with Crippen LogP contribution in [0.5, 0.6) is 0 Å². The third-order valence-corrected chi connectivity index (χ3v) is 3.97. The van der Waals surface area contributed by atoms with Crippen LogP contribution in [0.4, 0.5) is 4.39 Å². The molecule has 1 aliphatic rings. The van der Waals surface area contributed by atoms with Crippen LogP contribution in [0.25, 0.3) is 0 Å². The highest BCUT2D eigenvalue weighted by molar-refractivity contribution is 6.30. The Kier molecular flexibility index (Phi) is 5.34. The van der Waals surface area contributed by atoms with Crippen LogP contribution in [0, 0.1) is 11.7 Å². The maximum atomic E-state index is 13.0. The maximum Gasteiger partial charge on any atom is 0.141 e. The molecule has 1 aromatic carbocycles. The summed E-state index contributed by atoms with van der Waals surface area (Å²) in [6.45, 7) is 2.12. The number of hydrogen-bond donors (Lipinski definition) is 1. The molecule has 0 aromatic heterocycles. The Labute approximate surface area is 118 Å². The second kappa shape index (κ2) is 7.01. The van der Waals surface area contributed by atoms with E-state index in [1.165, 1.54) is 6.07 Å². The lowest BCUT2D eigenvalue weighted by Crippen LogP contribution is -2.28. The molecule has 104 valence electrons. The number of hydrogen-bond acceptors (Lipinski definition) is 2. The van der Waals surface area contributed by atoms with E-state index in [0.29, 0.717) is 18.8 Å². The molecule has 0 radical (unpaired) electrons. The van der Waals surface area contributed by atoms with Gasteiger partial charge in [-0.25, -0.2) is 4.39 Å². The van der Waals surface area contributed by atoms with Gasteiger partial charge < -0.3 is 5.32 Å². The number of benzene rings is 1. The van der Waals surface area contributed by atoms with E-state index in [1.54, 1.807) is 12.1 Å². The number of nitrogens with one attached hydrogen (secondary N) is 1. The Hall–Kier alpha value is -0.930. The van der Waals surface area contributed by atoms with Crippen molar-refractivity contribution >= 4 is 17.4 Å². The highest BCUT2D eigenvalue weighted by Crippen LogP contribution is 2.20. The Morgan fingerprint density at radius 2 is 2.11 bits per heavy atom. The van der Waals surface area contributed by atoms with Crippen molar-refractivity contribution in [1.29, 1.82) is 0 Å². The highest BCUT2D eigenvalue weighted by atomic mass is 35.5. The van der Waals surface area contributed by atoms with Crippen LogP contribution < -0.4 is 5.32 Å². The molecule has 4 heteroatoms. The second-order valence-corrected chi connectivity index (χ2v) is 5.60. The molecule has 19 heavy (non-hydrogen) atoms. The summed E-state index contributed by atoms with van der Waals surface area (Å²) in [5.41, 5.74) is 0.793. The van der Waals surface area contributed by atoms with E-state index in [1.807, 2.05) is 0 Å². The fourth-order valence-electron chi connectivity index (χ4n) is 2.50. The van der Waals surface area contributed by atoms with E-state index in [-0.39, 0.29) is 10.8 Å². The fraction of sp³-hybridized carbons (Fsp3) is 0.533. The summed E-state index contributed by atoms with van der Waals surface area (Å²) in [6, 6.07) is 4.49. The zero-order chi connectivity index (χ0) is 13.7. The number of carbonyl (C=O) groups excluding carboxylic acids is 1. The fourth-order valence-corrected chi connectivity index (χ4v) is 2.70. The van der Waals surface area contributed by atoms with Gasteiger partial charge in [0.25, 0.3) is 0 Å². The van der Waals surface area contributed by atoms with Crippen molar-refractivity contribution in [2.24, 2.45) is 5.92 Å². The Balaban J connectivity index is 1.78. The van der Waals surface area contributed by atoms with Crippen molar-refractivity contribution in [1.82, 2.24) is 5.32 Å². The van der Waals surface area contributed by atoms with Crippen molar-refractivity contribution in [2.75, 3.05) is 13.1 Å². The summed E-state index contributed by atoms with van der Waals surface area (Å²) < 4.78 is 13.0. The van der Waals surface area contributed by atoms with Crippen LogP contribution in [-0.2, 0) is 11.2 Å². The molecule has 1 aromatic rings. The normalized spacial score (nSPS) is 16.5. The predicted octanol–water partition coefficient (Wildman–Crippen LogP) is 3.37. The monoisotopic (exact) mass is 283 g/mol. The zero-order valence-corrected chi connectivity index (χ0v) is 11.7. The molecule has 0 bridgehead atoms. The van der Waals surface area contributed by atoms with Gasteiger partial charge in [0.05, 0.1) is 5.02 Å². The van der Waals surface area contributed by atoms with Crippen molar-refractivity contribution in [3.05, 3.63) is 34.6 Å². The van der Waals surface area contributed by atoms with Gasteiger partial charge in [-0.15, -0.1) is 0 Å². The van der Waals surface area contributed by atoms with Crippen LogP contribution in [0.2, 0.25) is 5.02 Å². The quantitative estimate of drug-likeness (QED) is 0.898. The molecular weight excluding hydrogens is 265 g/mol. The third-order valence-electron chi connectivity index (χ3n) is 3.68. The first-order chi connectivity index (χ1) is 9.15. The number of rotatable bonds is 5. The number of ketones is 1. The molecule has 0 unspecified atom stereocenters. The summed E-state index contributed by atoms with van der Waals surface area (Å²) in [6.07, 6.45) is 4.26. The molecule has 1 heterocycles. The molecular formula is C15H19ClFNO. The molecule has 0 spiro atoms. The van der Waals surface area contributed by atoms with Crippen LogP contribution >= 0.6 is 11.6 Å². The minimum absolute atomic E-state index is 0.0867. The zero-order valence-electron chi connectivity index (χ0n) is 10.9. The van der Waals surface area contributed by atoms with Crippen molar-refractivity contribution < 1.29 is 9.18 Å². The molecule has 1 saturated heterocycles. The third kappa shape index (κ3) is 4.59. The Morgan fingerprint density at radius 3 is 2.79 bits per heavy atom. The number of halogens is 2. The SMILES string of the molecule is O=C(CCC1CCNCC1)Cc1ccc(F)c(Cl)c1. The van der Waals surface area contributed by atoms with Crippen molar-refractivity contribution in [2.45, 2.75) is 32.1 Å². The molecule has 0 saturated carbocycles. The Morgan fingerprint density at radius 1 is 1.37 bits per heavy atom. The van der Waals surface area contributed by atoms with E-state index in [9.17, 15) is 9.18 Å². The minimum Gasteiger partial charge on any atom is -0.317 e. The van der Waals surface area contributed by atoms with Gasteiger partial charge in [0.15, 0.2) is 0 Å². The van der Waals surface area contributed by atoms with E-state index in [0.717, 1.165) is 37.9 Å². The van der Waals surface area contributed by atoms with E-state index in [4.69, 9.17) is 11.6 Å². The summed E-state index contributed by atoms with van der Waals surface area (Å²) in [7, 11) is 0. The van der Waals surface area contributed by atoms with Gasteiger partial charge in [-0.05, 0) is 56.0 Å². The van der Waals surface area contributed by atoms with Crippen LogP contribution in [0.3, 0.4) is 0 Å². The molecule has 1 aliphatic heterocycles. The molecule has 1 fully saturated rings. The van der Waals surface area contributed by atoms with Gasteiger partial charge in [0.2, 0.25) is 0 Å². The summed E-state index contributed by atoms with van der Waals surface area (Å²) in [4.78, 5) is 11.9. The molecule has 2 rings (SSSR count). The van der Waals surface area contributed by atoms with Crippen molar-refractivity contribution in [3.8, 4) is 0 Å². The lowest BCUT2D eigenvalue weighted by molar-refractivity contribution is -0.118. The lowest BCUT2D eigenvalue weighted by atomic mass is 9.91. The minimum atomic E-state index is -0.437. The van der Waals surface area contributed by atoms with Crippen LogP contribution in [0.1, 0.15) is 31.2 Å². The number of carbonyl (C=O) groups is 1. The van der Waals surface area contributed by atoms with E-state index < -0.39 is 5.82 Å². The first kappa shape index (κ1) is 14.5. The summed E-state index contributed by atoms with van der Waals surface area (Å²) in [5, 5.41) is 3.41. The van der Waals surface area contributed by atoms with E-state index in [2.05, 4.69) is 5.32 Å². The second-order valence-electron chi connectivity index (χ2n) is 5.20. The molecule has 1 N–H and O–H groups in total. The molecule has 0 aliphatic carbocycles. The van der Waals surface area contributed by atoms with Gasteiger partial charge in [-0.3, -0.25) is 4.79 Å². The maximum absolute atomic E-state index is 13.0. The average molecular weight is 284 g/mol. The topological polar surface area (TPSA) is 29.1 Å². The number of piperidine rings is 1. The summed E-state index contributed by atoms with van der Waals surface area (Å²) in [5.74, 6) is 0.441. The largest absolute Gasteiger partial charge is 0.317 e. The van der Waals surface area contributed by atoms with Gasteiger partial charge in [-0.2, -0.15) is 0 Å². The average Bonchev–Trinajstić information content (AvgIpc) is 2.42. The van der Waals surface area contributed by atoms with Crippen LogP contribution in [0.15, 0.2) is 18.2 Å². The van der Waals surface area contributed by atoms with Gasteiger partial charge in [0.1, 0.15) is 11.6 Å². The molecule has 2 nitrogen and oxygen atoms in total. The van der Waals surface area contributed by atoms with Gasteiger partial charge >= 0.3 is 0 Å². The Bertz CT molecular complexity index is 444. The first-order valence-corrected chi connectivity index (χ1v) is 7.19. The highest BCUT2D eigenvalue weighted by Gasteiger charge is 2.14. The van der Waals surface area contributed by atoms with Crippen molar-refractivity contribution in [3.63, 3.8) is 0 Å². The standard InChI is InChI=1S/C15H19ClFNO/c16-14-10-12(2-4-15(14)17)9-13(19)3-1-11-5-7-18-8-6-11/h2,4,10-11,18H,1,3,5-9H2. The van der Waals surface area contributed by atoms with Crippen LogP contribution in [-0.4, -0.2) is 18.9 Å². The predicted molar refractivity (Wildman–Crippen MR) is 74.9 cm³/mol. The summed E-state index contributed by atoms with van der Waals surface area (Å²) >= 11 is 5.70. The number of Topliss-reactive ketones (excluding diaryl/α,β-unsaturated/α-hetero) is 1. The van der Waals surface area contributed by atoms with E-state index >= 15 is 0 Å². The lowest BCUT2D eigenvalue weighted by Gasteiger charge is -2.22. The van der Waals surface area contributed by atoms with Gasteiger partial charge in [-0.1, -0.05) is 17.7 Å². The smallest absolute Gasteiger partial charge is 0.141 e. The first-order valence-electron chi connectivity index (χ1n) is 6.81.